The molecule has 1 aromatic rings. The summed E-state index contributed by atoms with van der Waals surface area (Å²) in [5, 5.41) is 3.01. The van der Waals surface area contributed by atoms with Gasteiger partial charge in [0.15, 0.2) is 0 Å². The molecule has 1 rings (SSSR count). The number of ether oxygens (including phenoxy) is 2. The Morgan fingerprint density at radius 1 is 1.26 bits per heavy atom. The van der Waals surface area contributed by atoms with E-state index in [4.69, 9.17) is 21.1 Å². The molecule has 0 fully saturated rings. The Hall–Kier alpha value is -1.18. The van der Waals surface area contributed by atoms with E-state index in [-0.39, 0.29) is 11.3 Å². The van der Waals surface area contributed by atoms with Crippen molar-refractivity contribution in [1.82, 2.24) is 15.0 Å². The molecule has 1 unspecified atom stereocenters. The van der Waals surface area contributed by atoms with Crippen molar-refractivity contribution in [2.24, 2.45) is 0 Å². The van der Waals surface area contributed by atoms with Gasteiger partial charge in [-0.15, -0.1) is 0 Å². The molecular weight excluding hydrogens is 270 g/mol. The van der Waals surface area contributed by atoms with Gasteiger partial charge in [0.1, 0.15) is 0 Å². The van der Waals surface area contributed by atoms with Gasteiger partial charge in [0.05, 0.1) is 19.3 Å². The highest BCUT2D eigenvalue weighted by atomic mass is 35.5. The van der Waals surface area contributed by atoms with Crippen molar-refractivity contribution in [2.45, 2.75) is 13.0 Å². The predicted octanol–water partition coefficient (Wildman–Crippen LogP) is 1.05. The molecule has 108 valence electrons. The van der Waals surface area contributed by atoms with Gasteiger partial charge in [-0.3, -0.25) is 0 Å². The molecular formula is C11H20ClN5O2. The number of nitrogens with one attached hydrogen (secondary N) is 1. The van der Waals surface area contributed by atoms with Crippen LogP contribution >= 0.6 is 11.6 Å². The Bertz CT molecular complexity index is 393. The molecule has 0 aliphatic carbocycles. The van der Waals surface area contributed by atoms with Crippen molar-refractivity contribution in [3.8, 4) is 0 Å². The van der Waals surface area contributed by atoms with E-state index < -0.39 is 0 Å². The Morgan fingerprint density at radius 2 is 2.00 bits per heavy atom. The lowest BCUT2D eigenvalue weighted by Crippen LogP contribution is -2.40. The molecule has 1 N–H and O–H groups in total. The average molecular weight is 290 g/mol. The predicted molar refractivity (Wildman–Crippen MR) is 74.9 cm³/mol. The van der Waals surface area contributed by atoms with Crippen molar-refractivity contribution in [3.05, 3.63) is 5.28 Å². The Balaban J connectivity index is 2.97. The number of anilines is 2. The third kappa shape index (κ3) is 4.77. The first-order valence-electron chi connectivity index (χ1n) is 5.96. The standard InChI is InChI=1S/C11H20ClN5O2/c1-8(7-19-4)17(5-6-18-3)11-15-9(12)14-10(13-2)16-11/h8H,5-7H2,1-4H3,(H,13,14,15,16). The summed E-state index contributed by atoms with van der Waals surface area (Å²) < 4.78 is 10.3. The fraction of sp³-hybridized carbons (Fsp3) is 0.727. The first kappa shape index (κ1) is 15.9. The fourth-order valence-corrected chi connectivity index (χ4v) is 1.77. The molecule has 1 atom stereocenters. The molecule has 0 saturated carbocycles. The van der Waals surface area contributed by atoms with Gasteiger partial charge in [0, 0.05) is 27.8 Å². The first-order valence-corrected chi connectivity index (χ1v) is 6.34. The molecule has 0 aromatic carbocycles. The summed E-state index contributed by atoms with van der Waals surface area (Å²) >= 11 is 5.90. The molecule has 19 heavy (non-hydrogen) atoms. The van der Waals surface area contributed by atoms with E-state index in [0.29, 0.717) is 31.7 Å². The summed E-state index contributed by atoms with van der Waals surface area (Å²) in [7, 11) is 5.04. The van der Waals surface area contributed by atoms with Crippen molar-refractivity contribution < 1.29 is 9.47 Å². The van der Waals surface area contributed by atoms with Gasteiger partial charge >= 0.3 is 0 Å². The van der Waals surface area contributed by atoms with Crippen LogP contribution in [0.3, 0.4) is 0 Å². The number of nitrogens with zero attached hydrogens (tertiary/aromatic N) is 4. The number of aromatic nitrogens is 3. The van der Waals surface area contributed by atoms with E-state index in [1.807, 2.05) is 11.8 Å². The normalized spacial score (nSPS) is 12.3. The van der Waals surface area contributed by atoms with E-state index >= 15 is 0 Å². The Kier molecular flexibility index (Phi) is 6.75. The van der Waals surface area contributed by atoms with Gasteiger partial charge in [-0.25, -0.2) is 0 Å². The maximum absolute atomic E-state index is 5.90. The lowest BCUT2D eigenvalue weighted by molar-refractivity contribution is 0.170. The number of hydrogen-bond donors (Lipinski definition) is 1. The average Bonchev–Trinajstić information content (AvgIpc) is 2.39. The number of rotatable bonds is 8. The smallest absolute Gasteiger partial charge is 0.231 e. The number of halogens is 1. The minimum atomic E-state index is 0.100. The molecule has 7 nitrogen and oxygen atoms in total. The quantitative estimate of drug-likeness (QED) is 0.767. The SMILES string of the molecule is CNc1nc(Cl)nc(N(CCOC)C(C)COC)n1. The summed E-state index contributed by atoms with van der Waals surface area (Å²) in [5.41, 5.74) is 0. The van der Waals surface area contributed by atoms with Gasteiger partial charge < -0.3 is 19.7 Å². The molecule has 0 saturated heterocycles. The molecule has 0 aliphatic heterocycles. The Morgan fingerprint density at radius 3 is 2.58 bits per heavy atom. The summed E-state index contributed by atoms with van der Waals surface area (Å²) in [4.78, 5) is 14.4. The second-order valence-electron chi connectivity index (χ2n) is 3.97. The van der Waals surface area contributed by atoms with E-state index in [0.717, 1.165) is 0 Å². The monoisotopic (exact) mass is 289 g/mol. The highest BCUT2D eigenvalue weighted by molar-refractivity contribution is 6.28. The van der Waals surface area contributed by atoms with Gasteiger partial charge in [-0.2, -0.15) is 15.0 Å². The van der Waals surface area contributed by atoms with Crippen LogP contribution < -0.4 is 10.2 Å². The fourth-order valence-electron chi connectivity index (χ4n) is 1.62. The van der Waals surface area contributed by atoms with Crippen LogP contribution in [0.1, 0.15) is 6.92 Å². The van der Waals surface area contributed by atoms with Crippen LogP contribution in [0.25, 0.3) is 0 Å². The van der Waals surface area contributed by atoms with Crippen LogP contribution in [-0.2, 0) is 9.47 Å². The van der Waals surface area contributed by atoms with Crippen molar-refractivity contribution in [3.63, 3.8) is 0 Å². The third-order valence-corrected chi connectivity index (χ3v) is 2.72. The van der Waals surface area contributed by atoms with Crippen LogP contribution in [0.15, 0.2) is 0 Å². The van der Waals surface area contributed by atoms with Gasteiger partial charge in [-0.1, -0.05) is 0 Å². The number of hydrogen-bond acceptors (Lipinski definition) is 7. The summed E-state index contributed by atoms with van der Waals surface area (Å²) in [6.07, 6.45) is 0. The van der Waals surface area contributed by atoms with E-state index in [1.165, 1.54) is 0 Å². The second kappa shape index (κ2) is 8.08. The summed E-state index contributed by atoms with van der Waals surface area (Å²) in [5.74, 6) is 0.938. The molecule has 0 radical (unpaired) electrons. The third-order valence-electron chi connectivity index (χ3n) is 2.55. The zero-order valence-corrected chi connectivity index (χ0v) is 12.4. The van der Waals surface area contributed by atoms with E-state index in [9.17, 15) is 0 Å². The van der Waals surface area contributed by atoms with Crippen LogP contribution in [0.5, 0.6) is 0 Å². The van der Waals surface area contributed by atoms with Crippen LogP contribution in [0, 0.1) is 0 Å². The van der Waals surface area contributed by atoms with Crippen LogP contribution in [0.2, 0.25) is 5.28 Å². The minimum absolute atomic E-state index is 0.100. The van der Waals surface area contributed by atoms with Crippen LogP contribution in [-0.4, -0.2) is 62.0 Å². The van der Waals surface area contributed by atoms with Gasteiger partial charge in [0.2, 0.25) is 17.2 Å². The zero-order chi connectivity index (χ0) is 14.3. The maximum atomic E-state index is 5.90. The zero-order valence-electron chi connectivity index (χ0n) is 11.7. The molecule has 0 spiro atoms. The highest BCUT2D eigenvalue weighted by Gasteiger charge is 2.18. The lowest BCUT2D eigenvalue weighted by atomic mass is 10.3. The van der Waals surface area contributed by atoms with Crippen molar-refractivity contribution in [2.75, 3.05) is 51.2 Å². The van der Waals surface area contributed by atoms with Gasteiger partial charge in [0.25, 0.3) is 0 Å². The van der Waals surface area contributed by atoms with Crippen LogP contribution in [0.4, 0.5) is 11.9 Å². The van der Waals surface area contributed by atoms with E-state index in [1.54, 1.807) is 21.3 Å². The molecule has 0 bridgehead atoms. The maximum Gasteiger partial charge on any atom is 0.231 e. The summed E-state index contributed by atoms with van der Waals surface area (Å²) in [6.45, 7) is 3.79. The Labute approximate surface area is 118 Å². The minimum Gasteiger partial charge on any atom is -0.383 e. The van der Waals surface area contributed by atoms with Gasteiger partial charge in [-0.05, 0) is 18.5 Å². The summed E-state index contributed by atoms with van der Waals surface area (Å²) in [6, 6.07) is 0.100. The topological polar surface area (TPSA) is 72.4 Å². The largest absolute Gasteiger partial charge is 0.383 e. The van der Waals surface area contributed by atoms with Crippen molar-refractivity contribution >= 4 is 23.5 Å². The van der Waals surface area contributed by atoms with Crippen molar-refractivity contribution in [1.29, 1.82) is 0 Å². The molecule has 1 heterocycles. The first-order chi connectivity index (χ1) is 9.12. The molecule has 0 aliphatic rings. The number of methoxy groups -OCH3 is 2. The molecule has 1 aromatic heterocycles. The molecule has 8 heteroatoms. The lowest BCUT2D eigenvalue weighted by Gasteiger charge is -2.28. The highest BCUT2D eigenvalue weighted by Crippen LogP contribution is 2.16. The molecule has 0 amide bonds. The second-order valence-corrected chi connectivity index (χ2v) is 4.31. The van der Waals surface area contributed by atoms with E-state index in [2.05, 4.69) is 20.3 Å².